The molecule has 1 aromatic carbocycles. The van der Waals surface area contributed by atoms with Gasteiger partial charge in [-0.2, -0.15) is 0 Å². The Balaban J connectivity index is 1.82. The maximum atomic E-state index is 12.0. The quantitative estimate of drug-likeness (QED) is 0.844. The predicted molar refractivity (Wildman–Crippen MR) is 68.8 cm³/mol. The van der Waals surface area contributed by atoms with Crippen LogP contribution in [0.1, 0.15) is 15.9 Å². The molecule has 2 N–H and O–H groups in total. The Morgan fingerprint density at radius 1 is 1.32 bits per heavy atom. The van der Waals surface area contributed by atoms with Gasteiger partial charge >= 0.3 is 0 Å². The van der Waals surface area contributed by atoms with Gasteiger partial charge in [0.25, 0.3) is 5.91 Å². The first-order chi connectivity index (χ1) is 9.22. The number of hydrogen-bond donors (Lipinski definition) is 2. The lowest BCUT2D eigenvalue weighted by Gasteiger charge is -2.05. The molecule has 19 heavy (non-hydrogen) atoms. The Hall–Kier alpha value is -2.76. The van der Waals surface area contributed by atoms with Gasteiger partial charge in [0.1, 0.15) is 0 Å². The molecule has 2 heterocycles. The van der Waals surface area contributed by atoms with Gasteiger partial charge in [0.15, 0.2) is 5.82 Å². The molecule has 0 fully saturated rings. The van der Waals surface area contributed by atoms with Crippen molar-refractivity contribution in [3.8, 4) is 0 Å². The molecule has 0 unspecified atom stereocenters. The van der Waals surface area contributed by atoms with Crippen molar-refractivity contribution in [1.29, 1.82) is 0 Å². The summed E-state index contributed by atoms with van der Waals surface area (Å²) in [6, 6.07) is 5.10. The lowest BCUT2D eigenvalue weighted by atomic mass is 10.1. The molecule has 2 amide bonds. The lowest BCUT2D eigenvalue weighted by Crippen LogP contribution is -2.13. The normalized spacial score (nSPS) is 12.7. The van der Waals surface area contributed by atoms with Crippen LogP contribution >= 0.6 is 0 Å². The summed E-state index contributed by atoms with van der Waals surface area (Å²) in [4.78, 5) is 31.1. The van der Waals surface area contributed by atoms with E-state index in [0.29, 0.717) is 17.8 Å². The first-order valence-corrected chi connectivity index (χ1v) is 5.72. The van der Waals surface area contributed by atoms with E-state index in [-0.39, 0.29) is 11.8 Å². The second-order valence-corrected chi connectivity index (χ2v) is 4.14. The van der Waals surface area contributed by atoms with Gasteiger partial charge in [-0.3, -0.25) is 14.6 Å². The fourth-order valence-corrected chi connectivity index (χ4v) is 1.92. The van der Waals surface area contributed by atoms with E-state index in [1.165, 1.54) is 18.6 Å². The van der Waals surface area contributed by atoms with Crippen molar-refractivity contribution in [2.75, 3.05) is 10.6 Å². The fraction of sp³-hybridized carbons (Fsp3) is 0.0769. The van der Waals surface area contributed by atoms with Gasteiger partial charge in [0, 0.05) is 23.6 Å². The zero-order valence-corrected chi connectivity index (χ0v) is 9.88. The monoisotopic (exact) mass is 254 g/mol. The van der Waals surface area contributed by atoms with Crippen LogP contribution < -0.4 is 10.6 Å². The largest absolute Gasteiger partial charge is 0.326 e. The number of benzene rings is 1. The van der Waals surface area contributed by atoms with E-state index < -0.39 is 0 Å². The number of hydrogen-bond acceptors (Lipinski definition) is 4. The molecule has 0 bridgehead atoms. The van der Waals surface area contributed by atoms with Gasteiger partial charge in [-0.25, -0.2) is 4.98 Å². The molecule has 0 saturated carbocycles. The molecule has 94 valence electrons. The molecule has 0 aliphatic carbocycles. The summed E-state index contributed by atoms with van der Waals surface area (Å²) in [7, 11) is 0. The molecule has 3 rings (SSSR count). The van der Waals surface area contributed by atoms with Crippen molar-refractivity contribution >= 4 is 23.3 Å². The molecule has 6 heteroatoms. The van der Waals surface area contributed by atoms with Gasteiger partial charge < -0.3 is 10.6 Å². The average Bonchev–Trinajstić information content (AvgIpc) is 2.78. The number of anilines is 2. The van der Waals surface area contributed by atoms with Crippen LogP contribution in [0.2, 0.25) is 0 Å². The SMILES string of the molecule is O=C1Cc2cc(C(=O)Nc3cnccn3)ccc2N1. The first-order valence-electron chi connectivity index (χ1n) is 5.72. The smallest absolute Gasteiger partial charge is 0.256 e. The van der Waals surface area contributed by atoms with Gasteiger partial charge in [0.05, 0.1) is 12.6 Å². The van der Waals surface area contributed by atoms with Crippen molar-refractivity contribution in [2.45, 2.75) is 6.42 Å². The lowest BCUT2D eigenvalue weighted by molar-refractivity contribution is -0.115. The molecule has 6 nitrogen and oxygen atoms in total. The van der Waals surface area contributed by atoms with Gasteiger partial charge in [-0.05, 0) is 23.8 Å². The third-order valence-corrected chi connectivity index (χ3v) is 2.80. The summed E-state index contributed by atoms with van der Waals surface area (Å²) >= 11 is 0. The number of amides is 2. The van der Waals surface area contributed by atoms with Crippen molar-refractivity contribution in [3.05, 3.63) is 47.9 Å². The molecule has 1 aromatic heterocycles. The van der Waals surface area contributed by atoms with Crippen LogP contribution in [0, 0.1) is 0 Å². The summed E-state index contributed by atoms with van der Waals surface area (Å²) in [5, 5.41) is 5.36. The van der Waals surface area contributed by atoms with Crippen LogP contribution in [-0.2, 0) is 11.2 Å². The minimum absolute atomic E-state index is 0.0542. The van der Waals surface area contributed by atoms with Gasteiger partial charge in [0.2, 0.25) is 5.91 Å². The topological polar surface area (TPSA) is 84.0 Å². The van der Waals surface area contributed by atoms with E-state index in [0.717, 1.165) is 11.3 Å². The zero-order chi connectivity index (χ0) is 13.2. The van der Waals surface area contributed by atoms with E-state index in [2.05, 4.69) is 20.6 Å². The summed E-state index contributed by atoms with van der Waals surface area (Å²) < 4.78 is 0. The average molecular weight is 254 g/mol. The molecule has 1 aliphatic rings. The van der Waals surface area contributed by atoms with Crippen molar-refractivity contribution < 1.29 is 9.59 Å². The summed E-state index contributed by atoms with van der Waals surface area (Å²) in [6.07, 6.45) is 4.81. The van der Waals surface area contributed by atoms with Crippen LogP contribution in [0.3, 0.4) is 0 Å². The van der Waals surface area contributed by atoms with E-state index in [1.807, 2.05) is 0 Å². The minimum atomic E-state index is -0.275. The molecule has 2 aromatic rings. The molecular formula is C13H10N4O2. The molecular weight excluding hydrogens is 244 g/mol. The Bertz CT molecular complexity index is 655. The number of fused-ring (bicyclic) bond motifs is 1. The highest BCUT2D eigenvalue weighted by molar-refractivity contribution is 6.06. The third kappa shape index (κ3) is 2.28. The minimum Gasteiger partial charge on any atom is -0.326 e. The summed E-state index contributed by atoms with van der Waals surface area (Å²) in [5.74, 6) is 0.0614. The van der Waals surface area contributed by atoms with Crippen molar-refractivity contribution in [3.63, 3.8) is 0 Å². The van der Waals surface area contributed by atoms with Gasteiger partial charge in [-0.1, -0.05) is 0 Å². The molecule has 0 radical (unpaired) electrons. The highest BCUT2D eigenvalue weighted by Gasteiger charge is 2.19. The highest BCUT2D eigenvalue weighted by Crippen LogP contribution is 2.24. The molecule has 0 spiro atoms. The molecule has 0 saturated heterocycles. The fourth-order valence-electron chi connectivity index (χ4n) is 1.92. The number of rotatable bonds is 2. The summed E-state index contributed by atoms with van der Waals surface area (Å²) in [5.41, 5.74) is 2.08. The number of nitrogens with one attached hydrogen (secondary N) is 2. The number of aromatic nitrogens is 2. The van der Waals surface area contributed by atoms with E-state index >= 15 is 0 Å². The van der Waals surface area contributed by atoms with Crippen LogP contribution in [-0.4, -0.2) is 21.8 Å². The van der Waals surface area contributed by atoms with Crippen molar-refractivity contribution in [2.24, 2.45) is 0 Å². The Kier molecular flexibility index (Phi) is 2.68. The van der Waals surface area contributed by atoms with E-state index in [9.17, 15) is 9.59 Å². The highest BCUT2D eigenvalue weighted by atomic mass is 16.2. The van der Waals surface area contributed by atoms with Crippen molar-refractivity contribution in [1.82, 2.24) is 9.97 Å². The maximum Gasteiger partial charge on any atom is 0.256 e. The molecule has 1 aliphatic heterocycles. The van der Waals surface area contributed by atoms with Crippen LogP contribution in [0.25, 0.3) is 0 Å². The van der Waals surface area contributed by atoms with E-state index in [1.54, 1.807) is 18.2 Å². The summed E-state index contributed by atoms with van der Waals surface area (Å²) in [6.45, 7) is 0. The van der Waals surface area contributed by atoms with Crippen LogP contribution in [0.4, 0.5) is 11.5 Å². The second kappa shape index (κ2) is 4.49. The second-order valence-electron chi connectivity index (χ2n) is 4.14. The standard InChI is InChI=1S/C13H10N4O2/c18-12-6-9-5-8(1-2-10(9)16-12)13(19)17-11-7-14-3-4-15-11/h1-5,7H,6H2,(H,16,18)(H,15,17,19). The maximum absolute atomic E-state index is 12.0. The Morgan fingerprint density at radius 3 is 3.00 bits per heavy atom. The number of carbonyl (C=O) groups excluding carboxylic acids is 2. The number of nitrogens with zero attached hydrogens (tertiary/aromatic N) is 2. The molecule has 0 atom stereocenters. The predicted octanol–water partition coefficient (Wildman–Crippen LogP) is 1.22. The Labute approximate surface area is 108 Å². The van der Waals surface area contributed by atoms with E-state index in [4.69, 9.17) is 0 Å². The van der Waals surface area contributed by atoms with Crippen LogP contribution in [0.15, 0.2) is 36.8 Å². The zero-order valence-electron chi connectivity index (χ0n) is 9.88. The van der Waals surface area contributed by atoms with Gasteiger partial charge in [-0.15, -0.1) is 0 Å². The number of carbonyl (C=O) groups is 2. The van der Waals surface area contributed by atoms with Crippen LogP contribution in [0.5, 0.6) is 0 Å². The third-order valence-electron chi connectivity index (χ3n) is 2.80. The Morgan fingerprint density at radius 2 is 2.21 bits per heavy atom. The first kappa shape index (κ1) is 11.3.